The summed E-state index contributed by atoms with van der Waals surface area (Å²) in [5.41, 5.74) is 2.73. The molecule has 0 fully saturated rings. The van der Waals surface area contributed by atoms with Crippen LogP contribution >= 0.6 is 11.6 Å². The number of hydrogen-bond donors (Lipinski definition) is 1. The maximum atomic E-state index is 12.2. The zero-order chi connectivity index (χ0) is 14.5. The molecule has 104 valence electrons. The number of benzene rings is 2. The van der Waals surface area contributed by atoms with Crippen molar-refractivity contribution in [3.05, 3.63) is 65.2 Å². The summed E-state index contributed by atoms with van der Waals surface area (Å²) < 4.78 is 4.90. The smallest absolute Gasteiger partial charge is 0.277 e. The van der Waals surface area contributed by atoms with Crippen LogP contribution in [0.4, 0.5) is 0 Å². The molecule has 0 bridgehead atoms. The minimum absolute atomic E-state index is 0.0391. The number of carbonyl (C=O) groups is 1. The summed E-state index contributed by atoms with van der Waals surface area (Å²) in [5, 5.41) is 8.89. The van der Waals surface area contributed by atoms with Crippen molar-refractivity contribution in [2.24, 2.45) is 0 Å². The van der Waals surface area contributed by atoms with Gasteiger partial charge in [0.1, 0.15) is 5.75 Å². The van der Waals surface area contributed by atoms with Gasteiger partial charge in [-0.1, -0.05) is 24.3 Å². The van der Waals surface area contributed by atoms with Crippen LogP contribution in [0.5, 0.6) is 5.75 Å². The van der Waals surface area contributed by atoms with E-state index in [1.54, 1.807) is 24.3 Å². The highest BCUT2D eigenvalue weighted by Gasteiger charge is 2.09. The Bertz CT molecular complexity index is 591. The Balaban J connectivity index is 2.08. The maximum absolute atomic E-state index is 12.2. The number of aryl methyl sites for hydroxylation is 1. The summed E-state index contributed by atoms with van der Waals surface area (Å²) in [6.07, 6.45) is 0.366. The molecule has 1 N–H and O–H groups in total. The Morgan fingerprint density at radius 2 is 1.85 bits per heavy atom. The van der Waals surface area contributed by atoms with Crippen LogP contribution in [-0.2, 0) is 6.42 Å². The van der Waals surface area contributed by atoms with Crippen molar-refractivity contribution in [2.75, 3.05) is 0 Å². The third-order valence-electron chi connectivity index (χ3n) is 3.02. The molecule has 2 rings (SSSR count). The predicted molar refractivity (Wildman–Crippen MR) is 78.1 cm³/mol. The van der Waals surface area contributed by atoms with Gasteiger partial charge < -0.3 is 9.84 Å². The largest absolute Gasteiger partial charge is 0.451 e. The SMILES string of the molecule is Cc1ccccc1CC(=O)c1ccc(OC(O)Cl)cc1. The van der Waals surface area contributed by atoms with Gasteiger partial charge in [-0.2, -0.15) is 0 Å². The molecule has 0 saturated carbocycles. The number of ether oxygens (including phenoxy) is 1. The Morgan fingerprint density at radius 1 is 1.20 bits per heavy atom. The van der Waals surface area contributed by atoms with Gasteiger partial charge in [0.15, 0.2) is 5.78 Å². The van der Waals surface area contributed by atoms with Crippen molar-refractivity contribution in [3.63, 3.8) is 0 Å². The lowest BCUT2D eigenvalue weighted by atomic mass is 9.99. The number of hydrogen-bond acceptors (Lipinski definition) is 3. The molecule has 0 aromatic heterocycles. The number of alkyl halides is 1. The first-order chi connectivity index (χ1) is 9.56. The predicted octanol–water partition coefficient (Wildman–Crippen LogP) is 3.31. The number of aliphatic hydroxyl groups is 1. The van der Waals surface area contributed by atoms with Crippen LogP contribution in [0.25, 0.3) is 0 Å². The van der Waals surface area contributed by atoms with Gasteiger partial charge in [-0.15, -0.1) is 0 Å². The van der Waals surface area contributed by atoms with Gasteiger partial charge in [0.25, 0.3) is 5.75 Å². The molecule has 2 aromatic carbocycles. The van der Waals surface area contributed by atoms with Crippen molar-refractivity contribution in [1.82, 2.24) is 0 Å². The van der Waals surface area contributed by atoms with Gasteiger partial charge in [0, 0.05) is 12.0 Å². The van der Waals surface area contributed by atoms with Gasteiger partial charge in [0.05, 0.1) is 0 Å². The van der Waals surface area contributed by atoms with Crippen LogP contribution in [0.2, 0.25) is 0 Å². The molecule has 2 aromatic rings. The zero-order valence-electron chi connectivity index (χ0n) is 11.0. The fourth-order valence-electron chi connectivity index (χ4n) is 1.92. The summed E-state index contributed by atoms with van der Waals surface area (Å²) in [5.74, 6) is -0.930. The van der Waals surface area contributed by atoms with Crippen LogP contribution < -0.4 is 4.74 Å². The molecule has 0 saturated heterocycles. The molecule has 1 atom stereocenters. The number of halogens is 1. The zero-order valence-corrected chi connectivity index (χ0v) is 11.8. The van der Waals surface area contributed by atoms with Crippen molar-refractivity contribution >= 4 is 17.4 Å². The average molecular weight is 291 g/mol. The molecule has 4 heteroatoms. The quantitative estimate of drug-likeness (QED) is 0.522. The van der Waals surface area contributed by atoms with Crippen LogP contribution in [0.1, 0.15) is 21.5 Å². The van der Waals surface area contributed by atoms with Crippen LogP contribution in [0.3, 0.4) is 0 Å². The van der Waals surface area contributed by atoms with Gasteiger partial charge >= 0.3 is 0 Å². The first-order valence-corrected chi connectivity index (χ1v) is 6.66. The van der Waals surface area contributed by atoms with Crippen molar-refractivity contribution in [2.45, 2.75) is 19.1 Å². The highest BCUT2D eigenvalue weighted by atomic mass is 35.5. The molecule has 0 radical (unpaired) electrons. The van der Waals surface area contributed by atoms with E-state index in [0.717, 1.165) is 11.1 Å². The highest BCUT2D eigenvalue weighted by Crippen LogP contribution is 2.17. The Labute approximate surface area is 122 Å². The normalized spacial score (nSPS) is 11.9. The molecule has 0 aliphatic carbocycles. The van der Waals surface area contributed by atoms with E-state index in [2.05, 4.69) is 0 Å². The van der Waals surface area contributed by atoms with E-state index in [1.165, 1.54) is 0 Å². The summed E-state index contributed by atoms with van der Waals surface area (Å²) in [7, 11) is 0. The van der Waals surface area contributed by atoms with Gasteiger partial charge in [-0.05, 0) is 53.9 Å². The second kappa shape index (κ2) is 6.55. The van der Waals surface area contributed by atoms with E-state index in [9.17, 15) is 4.79 Å². The van der Waals surface area contributed by atoms with E-state index >= 15 is 0 Å². The van der Waals surface area contributed by atoms with Gasteiger partial charge in [-0.25, -0.2) is 0 Å². The van der Waals surface area contributed by atoms with E-state index in [0.29, 0.717) is 17.7 Å². The second-order valence-electron chi connectivity index (χ2n) is 4.46. The number of Topliss-reactive ketones (excluding diaryl/α,β-unsaturated/α-hetero) is 1. The van der Waals surface area contributed by atoms with Crippen LogP contribution in [0.15, 0.2) is 48.5 Å². The third-order valence-corrected chi connectivity index (χ3v) is 3.11. The topological polar surface area (TPSA) is 46.5 Å². The molecule has 0 aliphatic heterocycles. The minimum atomic E-state index is -1.39. The third kappa shape index (κ3) is 3.83. The summed E-state index contributed by atoms with van der Waals surface area (Å²) in [6.45, 7) is 1.99. The summed E-state index contributed by atoms with van der Waals surface area (Å²) in [6, 6.07) is 14.4. The second-order valence-corrected chi connectivity index (χ2v) is 4.83. The molecule has 1 unspecified atom stereocenters. The minimum Gasteiger partial charge on any atom is -0.451 e. The van der Waals surface area contributed by atoms with Crippen LogP contribution in [0, 0.1) is 6.92 Å². The Morgan fingerprint density at radius 3 is 2.45 bits per heavy atom. The first-order valence-electron chi connectivity index (χ1n) is 6.23. The van der Waals surface area contributed by atoms with E-state index < -0.39 is 5.75 Å². The fraction of sp³-hybridized carbons (Fsp3) is 0.188. The molecule has 0 amide bonds. The molecular formula is C16H15ClO3. The Hall–Kier alpha value is -1.84. The van der Waals surface area contributed by atoms with E-state index in [1.807, 2.05) is 31.2 Å². The van der Waals surface area contributed by atoms with E-state index in [-0.39, 0.29) is 5.78 Å². The van der Waals surface area contributed by atoms with Crippen molar-refractivity contribution in [3.8, 4) is 5.75 Å². The summed E-state index contributed by atoms with van der Waals surface area (Å²) in [4.78, 5) is 12.2. The molecule has 3 nitrogen and oxygen atoms in total. The average Bonchev–Trinajstić information content (AvgIpc) is 2.41. The lowest BCUT2D eigenvalue weighted by Crippen LogP contribution is -2.07. The maximum Gasteiger partial charge on any atom is 0.277 e. The number of aliphatic hydroxyl groups excluding tert-OH is 1. The Kier molecular flexibility index (Phi) is 4.77. The molecule has 0 spiro atoms. The van der Waals surface area contributed by atoms with E-state index in [4.69, 9.17) is 21.4 Å². The van der Waals surface area contributed by atoms with Crippen molar-refractivity contribution < 1.29 is 14.6 Å². The molecule has 0 aliphatic rings. The molecular weight excluding hydrogens is 276 g/mol. The fourth-order valence-corrected chi connectivity index (χ4v) is 2.02. The van der Waals surface area contributed by atoms with Gasteiger partial charge in [0.2, 0.25) is 0 Å². The number of carbonyl (C=O) groups excluding carboxylic acids is 1. The van der Waals surface area contributed by atoms with Crippen molar-refractivity contribution in [1.29, 1.82) is 0 Å². The molecule has 20 heavy (non-hydrogen) atoms. The lowest BCUT2D eigenvalue weighted by molar-refractivity contribution is 0.0554. The van der Waals surface area contributed by atoms with Gasteiger partial charge in [-0.3, -0.25) is 4.79 Å². The number of ketones is 1. The molecule has 0 heterocycles. The van der Waals surface area contributed by atoms with Crippen LogP contribution in [-0.4, -0.2) is 16.6 Å². The highest BCUT2D eigenvalue weighted by molar-refractivity contribution is 6.18. The monoisotopic (exact) mass is 290 g/mol. The first kappa shape index (κ1) is 14.6. The lowest BCUT2D eigenvalue weighted by Gasteiger charge is -2.08. The number of rotatable bonds is 5. The standard InChI is InChI=1S/C16H15ClO3/c1-11-4-2-3-5-13(11)10-15(18)12-6-8-14(9-7-12)20-16(17)19/h2-9,16,19H,10H2,1H3. The summed E-state index contributed by atoms with van der Waals surface area (Å²) >= 11 is 5.31.